The summed E-state index contributed by atoms with van der Waals surface area (Å²) in [4.78, 5) is 27.0. The van der Waals surface area contributed by atoms with Gasteiger partial charge in [0, 0.05) is 15.8 Å². The highest BCUT2D eigenvalue weighted by Crippen LogP contribution is 2.34. The number of amides is 1. The highest BCUT2D eigenvalue weighted by atomic mass is 79.9. The van der Waals surface area contributed by atoms with E-state index in [9.17, 15) is 9.59 Å². The number of hydrogen-bond acceptors (Lipinski definition) is 4. The number of halogens is 1. The molecule has 6 heteroatoms. The van der Waals surface area contributed by atoms with E-state index in [0.717, 1.165) is 30.2 Å². The van der Waals surface area contributed by atoms with Crippen molar-refractivity contribution in [1.82, 2.24) is 4.90 Å². The monoisotopic (exact) mass is 413 g/mol. The molecule has 1 heterocycles. The highest BCUT2D eigenvalue weighted by molar-refractivity contribution is 9.10. The summed E-state index contributed by atoms with van der Waals surface area (Å²) in [5.41, 5.74) is 0.607. The van der Waals surface area contributed by atoms with Gasteiger partial charge in [0.2, 0.25) is 0 Å². The highest BCUT2D eigenvalue weighted by Gasteiger charge is 2.42. The zero-order chi connectivity index (χ0) is 17.5. The molecule has 0 radical (unpaired) electrons. The lowest BCUT2D eigenvalue weighted by molar-refractivity contribution is -0.147. The molecule has 2 unspecified atom stereocenters. The molecule has 0 bridgehead atoms. The Kier molecular flexibility index (Phi) is 7.62. The average Bonchev–Trinajstić information content (AvgIpc) is 2.99. The van der Waals surface area contributed by atoms with Crippen molar-refractivity contribution in [1.29, 1.82) is 0 Å². The van der Waals surface area contributed by atoms with Crippen molar-refractivity contribution in [2.45, 2.75) is 50.9 Å². The fourth-order valence-electron chi connectivity index (χ4n) is 2.79. The maximum atomic E-state index is 13.0. The van der Waals surface area contributed by atoms with Crippen molar-refractivity contribution >= 4 is 39.6 Å². The van der Waals surface area contributed by atoms with E-state index >= 15 is 0 Å². The minimum absolute atomic E-state index is 0.0436. The van der Waals surface area contributed by atoms with E-state index in [1.165, 1.54) is 0 Å². The Hall–Kier alpha value is -1.01. The van der Waals surface area contributed by atoms with Gasteiger partial charge in [0.1, 0.15) is 6.04 Å². The van der Waals surface area contributed by atoms with Crippen LogP contribution in [0.3, 0.4) is 0 Å². The summed E-state index contributed by atoms with van der Waals surface area (Å²) in [6.07, 6.45) is 4.26. The van der Waals surface area contributed by atoms with Gasteiger partial charge in [0.15, 0.2) is 0 Å². The first-order valence-electron chi connectivity index (χ1n) is 8.45. The van der Waals surface area contributed by atoms with E-state index in [0.29, 0.717) is 17.9 Å². The molecule has 1 aliphatic rings. The van der Waals surface area contributed by atoms with Crippen LogP contribution in [0.25, 0.3) is 0 Å². The van der Waals surface area contributed by atoms with Gasteiger partial charge >= 0.3 is 5.97 Å². The standard InChI is InChI=1S/C18H24BrNO3S/c1-3-5-6-7-16-20(15(12-24-16)18(22)23-4-2)17(21)13-8-10-14(19)11-9-13/h8-11,15-16H,3-7,12H2,1-2H3. The Bertz CT molecular complexity index is 564. The first-order chi connectivity index (χ1) is 11.6. The maximum Gasteiger partial charge on any atom is 0.329 e. The molecule has 0 spiro atoms. The SMILES string of the molecule is CCCCCC1SCC(C(=O)OCC)N1C(=O)c1ccc(Br)cc1. The third-order valence-corrected chi connectivity index (χ3v) is 5.92. The lowest BCUT2D eigenvalue weighted by atomic mass is 10.1. The van der Waals surface area contributed by atoms with Crippen molar-refractivity contribution in [3.05, 3.63) is 34.3 Å². The third kappa shape index (κ3) is 4.76. The number of esters is 1. The van der Waals surface area contributed by atoms with Crippen molar-refractivity contribution in [3.8, 4) is 0 Å². The number of thioether (sulfide) groups is 1. The molecule has 1 aliphatic heterocycles. The number of unbranched alkanes of at least 4 members (excludes halogenated alkanes) is 2. The Morgan fingerprint density at radius 2 is 1.96 bits per heavy atom. The second-order valence-corrected chi connectivity index (χ2v) is 7.90. The summed E-state index contributed by atoms with van der Waals surface area (Å²) >= 11 is 5.07. The fraction of sp³-hybridized carbons (Fsp3) is 0.556. The second kappa shape index (κ2) is 9.47. The average molecular weight is 414 g/mol. The molecule has 2 rings (SSSR count). The van der Waals surface area contributed by atoms with Crippen LogP contribution in [0, 0.1) is 0 Å². The van der Waals surface area contributed by atoms with Gasteiger partial charge in [-0.15, -0.1) is 11.8 Å². The number of nitrogens with zero attached hydrogens (tertiary/aromatic N) is 1. The van der Waals surface area contributed by atoms with Gasteiger partial charge in [-0.1, -0.05) is 42.1 Å². The molecule has 1 aromatic carbocycles. The maximum absolute atomic E-state index is 13.0. The van der Waals surface area contributed by atoms with Crippen molar-refractivity contribution < 1.29 is 14.3 Å². The van der Waals surface area contributed by atoms with Crippen LogP contribution in [0.5, 0.6) is 0 Å². The zero-order valence-corrected chi connectivity index (χ0v) is 16.6. The minimum atomic E-state index is -0.488. The van der Waals surface area contributed by atoms with Gasteiger partial charge in [-0.3, -0.25) is 4.79 Å². The molecule has 24 heavy (non-hydrogen) atoms. The normalized spacial score (nSPS) is 20.2. The fourth-order valence-corrected chi connectivity index (χ4v) is 4.49. The summed E-state index contributed by atoms with van der Waals surface area (Å²) in [7, 11) is 0. The van der Waals surface area contributed by atoms with E-state index in [1.807, 2.05) is 12.1 Å². The van der Waals surface area contributed by atoms with Gasteiger partial charge in [-0.25, -0.2) is 4.79 Å². The molecule has 1 amide bonds. The molecule has 0 saturated carbocycles. The Labute approximate surface area is 156 Å². The molecular weight excluding hydrogens is 390 g/mol. The Morgan fingerprint density at radius 1 is 1.25 bits per heavy atom. The lowest BCUT2D eigenvalue weighted by Crippen LogP contribution is -2.46. The molecule has 1 saturated heterocycles. The van der Waals surface area contributed by atoms with Crippen LogP contribution < -0.4 is 0 Å². The predicted octanol–water partition coefficient (Wildman–Crippen LogP) is 4.48. The summed E-state index contributed by atoms with van der Waals surface area (Å²) < 4.78 is 6.11. The molecule has 0 aromatic heterocycles. The first kappa shape index (κ1) is 19.3. The molecule has 1 aromatic rings. The summed E-state index contributed by atoms with van der Waals surface area (Å²) in [5.74, 6) is 0.221. The molecular formula is C18H24BrNO3S. The summed E-state index contributed by atoms with van der Waals surface area (Å²) in [6.45, 7) is 4.29. The molecule has 2 atom stereocenters. The summed E-state index contributed by atoms with van der Waals surface area (Å²) in [6, 6.07) is 6.79. The number of benzene rings is 1. The topological polar surface area (TPSA) is 46.6 Å². The Balaban J connectivity index is 2.19. The molecule has 0 N–H and O–H groups in total. The van der Waals surface area contributed by atoms with E-state index in [-0.39, 0.29) is 17.3 Å². The van der Waals surface area contributed by atoms with Gasteiger partial charge < -0.3 is 9.64 Å². The van der Waals surface area contributed by atoms with Crippen LogP contribution in [0.2, 0.25) is 0 Å². The number of hydrogen-bond donors (Lipinski definition) is 0. The molecule has 1 fully saturated rings. The van der Waals surface area contributed by atoms with Crippen LogP contribution in [0.15, 0.2) is 28.7 Å². The van der Waals surface area contributed by atoms with Crippen LogP contribution in [0.4, 0.5) is 0 Å². The summed E-state index contributed by atoms with van der Waals surface area (Å²) in [5, 5.41) is 0.0436. The molecule has 132 valence electrons. The number of carbonyl (C=O) groups excluding carboxylic acids is 2. The molecule has 4 nitrogen and oxygen atoms in total. The van der Waals surface area contributed by atoms with Gasteiger partial charge in [0.05, 0.1) is 12.0 Å². The largest absolute Gasteiger partial charge is 0.464 e. The van der Waals surface area contributed by atoms with Crippen molar-refractivity contribution in [2.24, 2.45) is 0 Å². The predicted molar refractivity (Wildman–Crippen MR) is 101 cm³/mol. The van der Waals surface area contributed by atoms with Crippen LogP contribution >= 0.6 is 27.7 Å². The third-order valence-electron chi connectivity index (χ3n) is 4.03. The van der Waals surface area contributed by atoms with Crippen LogP contribution in [-0.4, -0.2) is 40.6 Å². The first-order valence-corrected chi connectivity index (χ1v) is 10.3. The quantitative estimate of drug-likeness (QED) is 0.488. The van der Waals surface area contributed by atoms with Crippen molar-refractivity contribution in [2.75, 3.05) is 12.4 Å². The van der Waals surface area contributed by atoms with Crippen LogP contribution in [0.1, 0.15) is 49.9 Å². The van der Waals surface area contributed by atoms with Gasteiger partial charge in [-0.05, 0) is 37.6 Å². The number of rotatable bonds is 7. The number of carbonyl (C=O) groups is 2. The number of ether oxygens (including phenoxy) is 1. The van der Waals surface area contributed by atoms with E-state index in [2.05, 4.69) is 22.9 Å². The zero-order valence-electron chi connectivity index (χ0n) is 14.2. The van der Waals surface area contributed by atoms with Crippen molar-refractivity contribution in [3.63, 3.8) is 0 Å². The smallest absolute Gasteiger partial charge is 0.329 e. The van der Waals surface area contributed by atoms with E-state index in [1.54, 1.807) is 35.7 Å². The van der Waals surface area contributed by atoms with Crippen LogP contribution in [-0.2, 0) is 9.53 Å². The van der Waals surface area contributed by atoms with Gasteiger partial charge in [0.25, 0.3) is 5.91 Å². The molecule has 0 aliphatic carbocycles. The van der Waals surface area contributed by atoms with E-state index in [4.69, 9.17) is 4.74 Å². The Morgan fingerprint density at radius 3 is 2.58 bits per heavy atom. The lowest BCUT2D eigenvalue weighted by Gasteiger charge is -2.28. The second-order valence-electron chi connectivity index (χ2n) is 5.77. The van der Waals surface area contributed by atoms with Gasteiger partial charge in [-0.2, -0.15) is 0 Å². The van der Waals surface area contributed by atoms with E-state index < -0.39 is 6.04 Å². The minimum Gasteiger partial charge on any atom is -0.464 e.